The number of methoxy groups -OCH3 is 1. The summed E-state index contributed by atoms with van der Waals surface area (Å²) < 4.78 is 45.3. The van der Waals surface area contributed by atoms with E-state index in [1.807, 2.05) is 39.0 Å². The Balaban J connectivity index is 0.799. The lowest BCUT2D eigenvalue weighted by Crippen LogP contribution is -2.57. The number of aliphatic imine (C=N–C) groups is 1. The number of hydrogen-bond donors (Lipinski definition) is 2. The van der Waals surface area contributed by atoms with Crippen LogP contribution in [0.3, 0.4) is 0 Å². The lowest BCUT2D eigenvalue weighted by Gasteiger charge is -2.38. The quantitative estimate of drug-likeness (QED) is 0.0961. The van der Waals surface area contributed by atoms with Crippen molar-refractivity contribution in [2.45, 2.75) is 71.5 Å². The van der Waals surface area contributed by atoms with Crippen LogP contribution in [0.1, 0.15) is 84.7 Å². The average Bonchev–Trinajstić information content (AvgIpc) is 3.93. The minimum Gasteiger partial charge on any atom is -0.497 e. The third-order valence-electron chi connectivity index (χ3n) is 13.1. The molecule has 0 unspecified atom stereocenters. The zero-order valence-electron chi connectivity index (χ0n) is 43.3. The number of fused-ring (bicyclic) bond motifs is 5. The maximum absolute atomic E-state index is 14.6. The Bertz CT molecular complexity index is 3040. The number of anilines is 1. The number of aromatic nitrogens is 3. The Morgan fingerprint density at radius 1 is 0.974 bits per heavy atom. The van der Waals surface area contributed by atoms with Crippen LogP contribution in [0.2, 0.25) is 5.02 Å². The highest BCUT2D eigenvalue weighted by molar-refractivity contribution is 6.30. The average molecular weight is 1060 g/mol. The molecule has 3 N–H and O–H groups in total. The highest BCUT2D eigenvalue weighted by Crippen LogP contribution is 2.40. The van der Waals surface area contributed by atoms with Crippen LogP contribution >= 0.6 is 11.6 Å². The molecule has 22 heteroatoms. The van der Waals surface area contributed by atoms with Crippen molar-refractivity contribution >= 4 is 47.0 Å². The number of carbonyl (C=O) groups excluding carboxylic acids is 4. The van der Waals surface area contributed by atoms with Gasteiger partial charge >= 0.3 is 6.03 Å². The molecule has 20 nitrogen and oxygen atoms in total. The number of carbonyl (C=O) groups is 4. The van der Waals surface area contributed by atoms with Crippen molar-refractivity contribution in [3.63, 3.8) is 0 Å². The third-order valence-corrected chi connectivity index (χ3v) is 13.4. The first-order valence-electron chi connectivity index (χ1n) is 25.0. The van der Waals surface area contributed by atoms with Gasteiger partial charge < -0.3 is 49.4 Å². The third kappa shape index (κ3) is 12.3. The molecule has 5 aromatic rings. The fourth-order valence-corrected chi connectivity index (χ4v) is 9.50. The fourth-order valence-electron chi connectivity index (χ4n) is 9.38. The zero-order chi connectivity index (χ0) is 54.2. The van der Waals surface area contributed by atoms with Crippen LogP contribution in [0.25, 0.3) is 11.1 Å². The molecule has 3 aromatic carbocycles. The summed E-state index contributed by atoms with van der Waals surface area (Å²) in [5.74, 6) is 0.351. The van der Waals surface area contributed by atoms with E-state index in [0.29, 0.717) is 69.9 Å². The number of nitrogens with zero attached hydrogens (tertiary/aromatic N) is 9. The van der Waals surface area contributed by atoms with Crippen molar-refractivity contribution in [2.24, 2.45) is 4.99 Å². The highest BCUT2D eigenvalue weighted by Gasteiger charge is 2.43. The van der Waals surface area contributed by atoms with Gasteiger partial charge in [0.05, 0.1) is 76.1 Å². The summed E-state index contributed by atoms with van der Waals surface area (Å²) in [5, 5.41) is 18.2. The Labute approximate surface area is 445 Å². The number of amides is 5. The van der Waals surface area contributed by atoms with Gasteiger partial charge in [-0.25, -0.2) is 14.2 Å². The largest absolute Gasteiger partial charge is 0.497 e. The number of halogens is 2. The van der Waals surface area contributed by atoms with Crippen molar-refractivity contribution in [3.8, 4) is 34.4 Å². The van der Waals surface area contributed by atoms with E-state index >= 15 is 0 Å². The molecule has 0 spiro atoms. The van der Waals surface area contributed by atoms with Gasteiger partial charge in [0, 0.05) is 79.2 Å². The lowest BCUT2D eigenvalue weighted by atomic mass is 10.00. The summed E-state index contributed by atoms with van der Waals surface area (Å²) in [7, 11) is 3.17. The number of nitrogens with one attached hydrogen (secondary N) is 1. The minimum atomic E-state index is -0.777. The van der Waals surface area contributed by atoms with Gasteiger partial charge in [0.1, 0.15) is 41.9 Å². The number of benzene rings is 3. The Morgan fingerprint density at radius 3 is 2.45 bits per heavy atom. The molecule has 1 saturated heterocycles. The molecule has 2 aromatic heterocycles. The standard InChI is InChI=1S/C54H61ClFN11O9/c1-32(2)75-45-27-39(72-6)12-14-41(45)52-61-33(3)50(35-7-9-37(55)10-8-35)67(52)54(71)65-19-18-64(48(69)31-65)20-22-74-24-23-73-21-15-47(68)59-16-17-66-44-30-63(5)53(70)40-13-11-38(56)26-42(40)34(4)76-46-25-36(29-60-51(46)58)49(44)43(28-57)62-66/h7-14,25-27,29,32-34,50H,15-24,30-31H2,1-6H3,(H2,58,60)(H,59,68)/t33-,34-,50-/m1/s1. The van der Waals surface area contributed by atoms with Crippen molar-refractivity contribution in [1.82, 2.24) is 39.7 Å². The van der Waals surface area contributed by atoms with E-state index in [-0.39, 0.29) is 112 Å². The summed E-state index contributed by atoms with van der Waals surface area (Å²) >= 11 is 6.26. The second-order valence-electron chi connectivity index (χ2n) is 18.8. The molecule has 3 atom stereocenters. The number of ether oxygens (including phenoxy) is 5. The lowest BCUT2D eigenvalue weighted by molar-refractivity contribution is -0.135. The maximum atomic E-state index is 14.6. The van der Waals surface area contributed by atoms with Crippen molar-refractivity contribution in [2.75, 3.05) is 79.0 Å². The summed E-state index contributed by atoms with van der Waals surface area (Å²) in [6, 6.07) is 19.2. The number of piperazine rings is 1. The monoisotopic (exact) mass is 1060 g/mol. The van der Waals surface area contributed by atoms with E-state index in [1.165, 1.54) is 29.3 Å². The van der Waals surface area contributed by atoms with E-state index in [9.17, 15) is 28.8 Å². The molecular formula is C54H61ClFN11O9. The Morgan fingerprint density at radius 2 is 1.72 bits per heavy atom. The second kappa shape index (κ2) is 24.3. The molecule has 400 valence electrons. The van der Waals surface area contributed by atoms with Gasteiger partial charge in [0.2, 0.25) is 11.8 Å². The van der Waals surface area contributed by atoms with Gasteiger partial charge in [-0.1, -0.05) is 23.7 Å². The molecule has 1 fully saturated rings. The van der Waals surface area contributed by atoms with Crippen LogP contribution in [0.15, 0.2) is 77.9 Å². The van der Waals surface area contributed by atoms with Crippen LogP contribution in [0, 0.1) is 17.1 Å². The molecule has 0 saturated carbocycles. The number of nitriles is 1. The van der Waals surface area contributed by atoms with E-state index in [1.54, 1.807) is 70.8 Å². The van der Waals surface area contributed by atoms with Crippen LogP contribution < -0.4 is 25.3 Å². The van der Waals surface area contributed by atoms with E-state index in [2.05, 4.69) is 21.5 Å². The van der Waals surface area contributed by atoms with E-state index in [0.717, 1.165) is 5.56 Å². The number of pyridine rings is 1. The first-order chi connectivity index (χ1) is 36.5. The van der Waals surface area contributed by atoms with E-state index in [4.69, 9.17) is 46.0 Å². The molecule has 0 aliphatic carbocycles. The molecule has 0 radical (unpaired) electrons. The Kier molecular flexibility index (Phi) is 17.4. The van der Waals surface area contributed by atoms with Gasteiger partial charge in [-0.05, 0) is 81.8 Å². The number of amidine groups is 1. The first kappa shape index (κ1) is 54.5. The number of urea groups is 1. The van der Waals surface area contributed by atoms with Gasteiger partial charge in [-0.15, -0.1) is 0 Å². The van der Waals surface area contributed by atoms with Crippen molar-refractivity contribution in [1.29, 1.82) is 5.26 Å². The Hall–Kier alpha value is -7.80. The SMILES string of the molecule is COc1ccc(C2=N[C@H](C)[C@H](c3ccc(Cl)cc3)N2C(=O)N2CCN(CCOCCOCCC(=O)NCCn3nc(C#N)c4c3CN(C)C(=O)c3ccc(F)cc3[C@@H](C)Oc3cc-4cnc3N)C(=O)C2)c(OC(C)C)c1. The fraction of sp³-hybridized carbons (Fsp3) is 0.407. The molecule has 5 amide bonds. The number of hydrogen-bond acceptors (Lipinski definition) is 14. The number of nitrogens with two attached hydrogens (primary N) is 1. The smallest absolute Gasteiger partial charge is 0.326 e. The number of rotatable bonds is 17. The van der Waals surface area contributed by atoms with Crippen molar-refractivity contribution in [3.05, 3.63) is 117 Å². The molecule has 3 aliphatic heterocycles. The zero-order valence-corrected chi connectivity index (χ0v) is 44.0. The first-order valence-corrected chi connectivity index (χ1v) is 25.4. The normalized spacial score (nSPS) is 17.5. The van der Waals surface area contributed by atoms with Gasteiger partial charge in [0.15, 0.2) is 17.3 Å². The molecule has 2 bridgehead atoms. The predicted octanol–water partition coefficient (Wildman–Crippen LogP) is 6.41. The topological polar surface area (TPSA) is 232 Å². The molecular weight excluding hydrogens is 1000 g/mol. The summed E-state index contributed by atoms with van der Waals surface area (Å²) in [6.07, 6.45) is 0.606. The second-order valence-corrected chi connectivity index (χ2v) is 19.2. The highest BCUT2D eigenvalue weighted by atomic mass is 35.5. The molecule has 3 aliphatic rings. The molecule has 5 heterocycles. The predicted molar refractivity (Wildman–Crippen MR) is 279 cm³/mol. The minimum absolute atomic E-state index is 0.0111. The van der Waals surface area contributed by atoms with Gasteiger partial charge in [-0.2, -0.15) is 10.4 Å². The van der Waals surface area contributed by atoms with Crippen LogP contribution in [-0.4, -0.2) is 149 Å². The van der Waals surface area contributed by atoms with Gasteiger partial charge in [0.25, 0.3) is 5.91 Å². The summed E-state index contributed by atoms with van der Waals surface area (Å²) in [5.41, 5.74) is 9.67. The molecule has 76 heavy (non-hydrogen) atoms. The maximum Gasteiger partial charge on any atom is 0.326 e. The van der Waals surface area contributed by atoms with Crippen LogP contribution in [-0.2, 0) is 32.2 Å². The molecule has 8 rings (SSSR count). The van der Waals surface area contributed by atoms with Crippen LogP contribution in [0.5, 0.6) is 17.2 Å². The number of nitrogen functional groups attached to an aromatic ring is 1. The summed E-state index contributed by atoms with van der Waals surface area (Å²) in [4.78, 5) is 70.6. The van der Waals surface area contributed by atoms with Crippen molar-refractivity contribution < 1.29 is 47.3 Å². The van der Waals surface area contributed by atoms with Crippen LogP contribution in [0.4, 0.5) is 15.0 Å². The van der Waals surface area contributed by atoms with E-state index < -0.39 is 23.9 Å². The summed E-state index contributed by atoms with van der Waals surface area (Å²) in [6.45, 7) is 9.35. The van der Waals surface area contributed by atoms with Gasteiger partial charge in [-0.3, -0.25) is 29.0 Å².